The van der Waals surface area contributed by atoms with E-state index in [0.29, 0.717) is 5.56 Å². The van der Waals surface area contributed by atoms with E-state index in [9.17, 15) is 9.18 Å². The zero-order valence-electron chi connectivity index (χ0n) is 12.6. The van der Waals surface area contributed by atoms with Gasteiger partial charge in [0.05, 0.1) is 7.11 Å². The van der Waals surface area contributed by atoms with E-state index in [1.807, 2.05) is 6.07 Å². The monoisotopic (exact) mass is 302 g/mol. The summed E-state index contributed by atoms with van der Waals surface area (Å²) in [5.41, 5.74) is 0.434. The first-order valence-corrected chi connectivity index (χ1v) is 7.40. The number of benzene rings is 1. The van der Waals surface area contributed by atoms with E-state index in [4.69, 9.17) is 10.00 Å². The van der Waals surface area contributed by atoms with Crippen molar-refractivity contribution >= 4 is 12.0 Å². The number of methoxy groups -OCH3 is 1. The smallest absolute Gasteiger partial charge is 0.262 e. The fraction of sp³-hybridized carbons (Fsp3) is 0.412. The molecule has 22 heavy (non-hydrogen) atoms. The molecule has 0 bridgehead atoms. The number of hydrogen-bond acceptors (Lipinski definition) is 3. The van der Waals surface area contributed by atoms with Crippen LogP contribution in [0.5, 0.6) is 5.75 Å². The minimum Gasteiger partial charge on any atom is -0.494 e. The number of ether oxygens (including phenoxy) is 1. The van der Waals surface area contributed by atoms with Gasteiger partial charge in [-0.1, -0.05) is 25.3 Å². The summed E-state index contributed by atoms with van der Waals surface area (Å²) in [4.78, 5) is 12.1. The molecular weight excluding hydrogens is 283 g/mol. The van der Waals surface area contributed by atoms with E-state index >= 15 is 0 Å². The van der Waals surface area contributed by atoms with Crippen LogP contribution in [0.4, 0.5) is 4.39 Å². The van der Waals surface area contributed by atoms with Gasteiger partial charge in [-0.2, -0.15) is 5.26 Å². The van der Waals surface area contributed by atoms with Crippen molar-refractivity contribution in [2.75, 3.05) is 7.11 Å². The number of amides is 1. The van der Waals surface area contributed by atoms with Crippen molar-refractivity contribution in [1.82, 2.24) is 5.32 Å². The zero-order chi connectivity index (χ0) is 15.9. The molecule has 116 valence electrons. The van der Waals surface area contributed by atoms with E-state index in [2.05, 4.69) is 5.32 Å². The van der Waals surface area contributed by atoms with E-state index in [1.165, 1.54) is 31.7 Å². The largest absolute Gasteiger partial charge is 0.494 e. The van der Waals surface area contributed by atoms with Gasteiger partial charge in [0.15, 0.2) is 11.6 Å². The van der Waals surface area contributed by atoms with Crippen LogP contribution in [0.2, 0.25) is 0 Å². The first-order chi connectivity index (χ1) is 10.6. The molecule has 1 aromatic rings. The molecule has 1 aliphatic rings. The van der Waals surface area contributed by atoms with Crippen LogP contribution in [0.15, 0.2) is 23.8 Å². The first kappa shape index (κ1) is 16.0. The SMILES string of the molecule is COc1ccc(/C=C(\C#N)C(=O)NC2CCCCC2)cc1F. The Balaban J connectivity index is 2.11. The molecule has 0 atom stereocenters. The molecule has 4 nitrogen and oxygen atoms in total. The Morgan fingerprint density at radius 1 is 1.41 bits per heavy atom. The van der Waals surface area contributed by atoms with Crippen molar-refractivity contribution in [2.45, 2.75) is 38.1 Å². The van der Waals surface area contributed by atoms with Gasteiger partial charge in [0.1, 0.15) is 11.6 Å². The molecule has 0 aliphatic heterocycles. The Labute approximate surface area is 129 Å². The summed E-state index contributed by atoms with van der Waals surface area (Å²) in [5, 5.41) is 12.0. The summed E-state index contributed by atoms with van der Waals surface area (Å²) in [5.74, 6) is -0.797. The molecular formula is C17H19FN2O2. The normalized spacial score (nSPS) is 16.0. The molecule has 1 N–H and O–H groups in total. The molecule has 2 rings (SSSR count). The van der Waals surface area contributed by atoms with Crippen LogP contribution < -0.4 is 10.1 Å². The molecule has 1 amide bonds. The lowest BCUT2D eigenvalue weighted by molar-refractivity contribution is -0.117. The van der Waals surface area contributed by atoms with E-state index < -0.39 is 11.7 Å². The van der Waals surface area contributed by atoms with Crippen LogP contribution in [0.25, 0.3) is 6.08 Å². The molecule has 0 heterocycles. The van der Waals surface area contributed by atoms with Gasteiger partial charge in [0.25, 0.3) is 5.91 Å². The summed E-state index contributed by atoms with van der Waals surface area (Å²) in [6.07, 6.45) is 6.67. The number of nitrogens with one attached hydrogen (secondary N) is 1. The van der Waals surface area contributed by atoms with Crippen molar-refractivity contribution in [3.8, 4) is 11.8 Å². The van der Waals surface area contributed by atoms with Gasteiger partial charge in [-0.3, -0.25) is 4.79 Å². The average Bonchev–Trinajstić information content (AvgIpc) is 2.53. The van der Waals surface area contributed by atoms with Crippen LogP contribution in [0, 0.1) is 17.1 Å². The number of nitriles is 1. The highest BCUT2D eigenvalue weighted by Crippen LogP contribution is 2.20. The van der Waals surface area contributed by atoms with Crippen LogP contribution in [-0.4, -0.2) is 19.1 Å². The molecule has 1 fully saturated rings. The lowest BCUT2D eigenvalue weighted by Crippen LogP contribution is -2.36. The summed E-state index contributed by atoms with van der Waals surface area (Å²) in [6, 6.07) is 6.33. The third-order valence-electron chi connectivity index (χ3n) is 3.79. The Morgan fingerprint density at radius 2 is 2.14 bits per heavy atom. The van der Waals surface area contributed by atoms with Gasteiger partial charge in [0, 0.05) is 6.04 Å². The van der Waals surface area contributed by atoms with Crippen LogP contribution in [0.3, 0.4) is 0 Å². The summed E-state index contributed by atoms with van der Waals surface area (Å²) in [7, 11) is 1.38. The average molecular weight is 302 g/mol. The maximum Gasteiger partial charge on any atom is 0.262 e. The molecule has 0 unspecified atom stereocenters. The van der Waals surface area contributed by atoms with Crippen molar-refractivity contribution in [1.29, 1.82) is 5.26 Å². The van der Waals surface area contributed by atoms with Crippen LogP contribution in [0.1, 0.15) is 37.7 Å². The molecule has 0 saturated heterocycles. The van der Waals surface area contributed by atoms with E-state index in [-0.39, 0.29) is 17.4 Å². The molecule has 1 saturated carbocycles. The number of carbonyl (C=O) groups excluding carboxylic acids is 1. The van der Waals surface area contributed by atoms with Crippen LogP contribution >= 0.6 is 0 Å². The molecule has 1 aromatic carbocycles. The third kappa shape index (κ3) is 4.08. The maximum atomic E-state index is 13.6. The second-order valence-electron chi connectivity index (χ2n) is 5.37. The predicted octanol–water partition coefficient (Wildman–Crippen LogP) is 3.19. The number of nitrogens with zero attached hydrogens (tertiary/aromatic N) is 1. The Morgan fingerprint density at radius 3 is 2.73 bits per heavy atom. The standard InChI is InChI=1S/C17H19FN2O2/c1-22-16-8-7-12(10-15(16)18)9-13(11-19)17(21)20-14-5-3-2-4-6-14/h7-10,14H,2-6H2,1H3,(H,20,21)/b13-9+. The van der Waals surface area contributed by atoms with Crippen molar-refractivity contribution < 1.29 is 13.9 Å². The first-order valence-electron chi connectivity index (χ1n) is 7.40. The molecule has 1 aliphatic carbocycles. The summed E-state index contributed by atoms with van der Waals surface area (Å²) >= 11 is 0. The number of carbonyl (C=O) groups is 1. The quantitative estimate of drug-likeness (QED) is 0.686. The number of rotatable bonds is 4. The van der Waals surface area contributed by atoms with Crippen molar-refractivity contribution in [3.63, 3.8) is 0 Å². The number of hydrogen-bond donors (Lipinski definition) is 1. The van der Waals surface area contributed by atoms with Gasteiger partial charge in [0.2, 0.25) is 0 Å². The summed E-state index contributed by atoms with van der Waals surface area (Å²) < 4.78 is 18.5. The highest BCUT2D eigenvalue weighted by Gasteiger charge is 2.18. The van der Waals surface area contributed by atoms with Crippen molar-refractivity contribution in [2.24, 2.45) is 0 Å². The Bertz CT molecular complexity index is 614. The molecule has 5 heteroatoms. The van der Waals surface area contributed by atoms with Gasteiger partial charge in [-0.25, -0.2) is 4.39 Å². The van der Waals surface area contributed by atoms with Crippen molar-refractivity contribution in [3.05, 3.63) is 35.2 Å². The van der Waals surface area contributed by atoms with E-state index in [1.54, 1.807) is 6.07 Å². The zero-order valence-corrected chi connectivity index (χ0v) is 12.6. The van der Waals surface area contributed by atoms with Crippen LogP contribution in [-0.2, 0) is 4.79 Å². The third-order valence-corrected chi connectivity index (χ3v) is 3.79. The van der Waals surface area contributed by atoms with Gasteiger partial charge in [-0.05, 0) is 36.6 Å². The minimum absolute atomic E-state index is 0.0184. The second-order valence-corrected chi connectivity index (χ2v) is 5.37. The van der Waals surface area contributed by atoms with Gasteiger partial charge in [-0.15, -0.1) is 0 Å². The highest BCUT2D eigenvalue weighted by atomic mass is 19.1. The predicted molar refractivity (Wildman–Crippen MR) is 81.6 cm³/mol. The van der Waals surface area contributed by atoms with Gasteiger partial charge < -0.3 is 10.1 Å². The van der Waals surface area contributed by atoms with E-state index in [0.717, 1.165) is 25.7 Å². The highest BCUT2D eigenvalue weighted by molar-refractivity contribution is 6.01. The molecule has 0 aromatic heterocycles. The Kier molecular flexibility index (Phi) is 5.54. The Hall–Kier alpha value is -2.35. The minimum atomic E-state index is -0.527. The fourth-order valence-electron chi connectivity index (χ4n) is 2.60. The lowest BCUT2D eigenvalue weighted by Gasteiger charge is -2.22. The lowest BCUT2D eigenvalue weighted by atomic mass is 9.95. The number of halogens is 1. The molecule has 0 radical (unpaired) electrons. The molecule has 0 spiro atoms. The topological polar surface area (TPSA) is 62.1 Å². The second kappa shape index (κ2) is 7.60. The fourth-order valence-corrected chi connectivity index (χ4v) is 2.60. The van der Waals surface area contributed by atoms with Gasteiger partial charge >= 0.3 is 0 Å². The maximum absolute atomic E-state index is 13.6. The summed E-state index contributed by atoms with van der Waals surface area (Å²) in [6.45, 7) is 0.